The van der Waals surface area contributed by atoms with E-state index in [9.17, 15) is 13.2 Å². The van der Waals surface area contributed by atoms with Crippen molar-refractivity contribution in [3.63, 3.8) is 0 Å². The Morgan fingerprint density at radius 3 is 2.11 bits per heavy atom. The number of hydrogen-bond acceptors (Lipinski definition) is 1. The molecule has 0 aliphatic heterocycles. The molecular formula is C14H11ClF3N. The summed E-state index contributed by atoms with van der Waals surface area (Å²) in [5.41, 5.74) is 6.76. The van der Waals surface area contributed by atoms with Crippen LogP contribution in [0.1, 0.15) is 22.7 Å². The van der Waals surface area contributed by atoms with Gasteiger partial charge in [-0.25, -0.2) is 13.2 Å². The molecule has 0 aliphatic carbocycles. The Balaban J connectivity index is 2.52. The van der Waals surface area contributed by atoms with Crippen molar-refractivity contribution in [2.75, 3.05) is 0 Å². The summed E-state index contributed by atoms with van der Waals surface area (Å²) in [6.45, 7) is 1.79. The Hall–Kier alpha value is -1.52. The Morgan fingerprint density at radius 2 is 1.58 bits per heavy atom. The van der Waals surface area contributed by atoms with Crippen LogP contribution >= 0.6 is 11.6 Å². The lowest BCUT2D eigenvalue weighted by Crippen LogP contribution is -2.16. The molecule has 19 heavy (non-hydrogen) atoms. The van der Waals surface area contributed by atoms with Crippen LogP contribution in [-0.4, -0.2) is 0 Å². The first-order valence-corrected chi connectivity index (χ1v) is 5.93. The third kappa shape index (κ3) is 2.91. The van der Waals surface area contributed by atoms with E-state index in [2.05, 4.69) is 0 Å². The first kappa shape index (κ1) is 13.9. The molecule has 0 saturated heterocycles. The molecule has 100 valence electrons. The minimum Gasteiger partial charge on any atom is -0.320 e. The fraction of sp³-hybridized carbons (Fsp3) is 0.143. The van der Waals surface area contributed by atoms with E-state index in [1.165, 1.54) is 6.07 Å². The Kier molecular flexibility index (Phi) is 3.83. The molecule has 0 radical (unpaired) electrons. The molecule has 0 fully saturated rings. The molecule has 5 heteroatoms. The van der Waals surface area contributed by atoms with Gasteiger partial charge in [-0.15, -0.1) is 0 Å². The van der Waals surface area contributed by atoms with Crippen molar-refractivity contribution >= 4 is 11.6 Å². The molecule has 2 N–H and O–H groups in total. The first-order valence-electron chi connectivity index (χ1n) is 5.55. The summed E-state index contributed by atoms with van der Waals surface area (Å²) in [6.07, 6.45) is 0. The van der Waals surface area contributed by atoms with Gasteiger partial charge >= 0.3 is 0 Å². The zero-order valence-corrected chi connectivity index (χ0v) is 10.8. The third-order valence-corrected chi connectivity index (χ3v) is 3.00. The average molecular weight is 286 g/mol. The lowest BCUT2D eigenvalue weighted by molar-refractivity contribution is 0.515. The minimum absolute atomic E-state index is 0.372. The van der Waals surface area contributed by atoms with Crippen LogP contribution in [0.3, 0.4) is 0 Å². The van der Waals surface area contributed by atoms with Crippen LogP contribution in [0.2, 0.25) is 5.02 Å². The second-order valence-corrected chi connectivity index (χ2v) is 4.76. The lowest BCUT2D eigenvalue weighted by atomic mass is 9.97. The number of benzene rings is 2. The van der Waals surface area contributed by atoms with Gasteiger partial charge in [0.2, 0.25) is 0 Å². The normalized spacial score (nSPS) is 12.5. The molecular weight excluding hydrogens is 275 g/mol. The van der Waals surface area contributed by atoms with Gasteiger partial charge in [0, 0.05) is 22.7 Å². The van der Waals surface area contributed by atoms with Gasteiger partial charge in [-0.1, -0.05) is 17.7 Å². The van der Waals surface area contributed by atoms with Crippen LogP contribution in [0.4, 0.5) is 13.2 Å². The maximum Gasteiger partial charge on any atom is 0.134 e. The Bertz CT molecular complexity index is 585. The number of halogens is 4. The molecule has 0 aliphatic rings. The zero-order valence-electron chi connectivity index (χ0n) is 10.1. The van der Waals surface area contributed by atoms with E-state index in [0.717, 1.165) is 5.56 Å². The summed E-state index contributed by atoms with van der Waals surface area (Å²) < 4.78 is 40.2. The van der Waals surface area contributed by atoms with Gasteiger partial charge < -0.3 is 5.73 Å². The largest absolute Gasteiger partial charge is 0.320 e. The summed E-state index contributed by atoms with van der Waals surface area (Å²) in [6, 6.07) is 5.08. The van der Waals surface area contributed by atoms with Crippen LogP contribution in [0.15, 0.2) is 30.3 Å². The molecule has 0 heterocycles. The van der Waals surface area contributed by atoms with Gasteiger partial charge in [-0.3, -0.25) is 0 Å². The van der Waals surface area contributed by atoms with Gasteiger partial charge in [0.25, 0.3) is 0 Å². The topological polar surface area (TPSA) is 26.0 Å². The van der Waals surface area contributed by atoms with Gasteiger partial charge in [-0.05, 0) is 30.2 Å². The van der Waals surface area contributed by atoms with E-state index in [4.69, 9.17) is 17.3 Å². The van der Waals surface area contributed by atoms with Crippen LogP contribution in [0.5, 0.6) is 0 Å². The predicted octanol–water partition coefficient (Wildman–Crippen LogP) is 4.11. The van der Waals surface area contributed by atoms with Crippen molar-refractivity contribution in [3.05, 3.63) is 69.5 Å². The summed E-state index contributed by atoms with van der Waals surface area (Å²) >= 11 is 5.88. The smallest absolute Gasteiger partial charge is 0.134 e. The van der Waals surface area contributed by atoms with E-state index in [1.807, 2.05) is 0 Å². The third-order valence-electron chi connectivity index (χ3n) is 2.78. The number of hydrogen-bond donors (Lipinski definition) is 1. The van der Waals surface area contributed by atoms with Gasteiger partial charge in [0.15, 0.2) is 0 Å². The Labute approximate surface area is 113 Å². The van der Waals surface area contributed by atoms with Crippen LogP contribution < -0.4 is 5.73 Å². The minimum atomic E-state index is -1.04. The molecule has 1 atom stereocenters. The summed E-state index contributed by atoms with van der Waals surface area (Å²) in [5.74, 6) is -3.00. The molecule has 0 aromatic heterocycles. The van der Waals surface area contributed by atoms with E-state index in [0.29, 0.717) is 22.7 Å². The molecule has 0 spiro atoms. The van der Waals surface area contributed by atoms with Crippen LogP contribution in [0.25, 0.3) is 0 Å². The molecule has 2 aromatic carbocycles. The molecule has 2 aromatic rings. The molecule has 0 bridgehead atoms. The highest BCUT2D eigenvalue weighted by Crippen LogP contribution is 2.28. The number of aryl methyl sites for hydroxylation is 1. The van der Waals surface area contributed by atoms with Crippen LogP contribution in [0, 0.1) is 24.4 Å². The quantitative estimate of drug-likeness (QED) is 0.883. The van der Waals surface area contributed by atoms with E-state index in [-0.39, 0.29) is 5.56 Å². The molecule has 1 nitrogen and oxygen atoms in total. The Morgan fingerprint density at radius 1 is 1.00 bits per heavy atom. The molecule has 2 rings (SSSR count). The first-order chi connectivity index (χ1) is 8.88. The van der Waals surface area contributed by atoms with Gasteiger partial charge in [0.05, 0.1) is 6.04 Å². The van der Waals surface area contributed by atoms with Crippen LogP contribution in [-0.2, 0) is 0 Å². The van der Waals surface area contributed by atoms with E-state index in [1.54, 1.807) is 19.1 Å². The predicted molar refractivity (Wildman–Crippen MR) is 68.5 cm³/mol. The standard InChI is InChI=1S/C14H11ClF3N/c1-7-2-8(4-9(15)3-7)14(19)13-11(17)5-10(16)6-12(13)18/h2-6,14H,19H2,1H3. The van der Waals surface area contributed by atoms with Crippen molar-refractivity contribution in [3.8, 4) is 0 Å². The lowest BCUT2D eigenvalue weighted by Gasteiger charge is -2.15. The highest BCUT2D eigenvalue weighted by Gasteiger charge is 2.20. The van der Waals surface area contributed by atoms with E-state index < -0.39 is 23.5 Å². The highest BCUT2D eigenvalue weighted by molar-refractivity contribution is 6.30. The van der Waals surface area contributed by atoms with Crippen molar-refractivity contribution < 1.29 is 13.2 Å². The van der Waals surface area contributed by atoms with E-state index >= 15 is 0 Å². The zero-order chi connectivity index (χ0) is 14.2. The van der Waals surface area contributed by atoms with Gasteiger partial charge in [0.1, 0.15) is 17.5 Å². The molecule has 0 saturated carbocycles. The summed E-state index contributed by atoms with van der Waals surface area (Å²) in [7, 11) is 0. The van der Waals surface area contributed by atoms with Crippen molar-refractivity contribution in [1.82, 2.24) is 0 Å². The molecule has 1 unspecified atom stereocenters. The van der Waals surface area contributed by atoms with Crippen molar-refractivity contribution in [2.24, 2.45) is 5.73 Å². The number of nitrogens with two attached hydrogens (primary N) is 1. The average Bonchev–Trinajstić information content (AvgIpc) is 2.25. The number of rotatable bonds is 2. The summed E-state index contributed by atoms with van der Waals surface area (Å²) in [4.78, 5) is 0. The highest BCUT2D eigenvalue weighted by atomic mass is 35.5. The monoisotopic (exact) mass is 285 g/mol. The SMILES string of the molecule is Cc1cc(Cl)cc(C(N)c2c(F)cc(F)cc2F)c1. The van der Waals surface area contributed by atoms with Crippen molar-refractivity contribution in [1.29, 1.82) is 0 Å². The molecule has 0 amide bonds. The fourth-order valence-electron chi connectivity index (χ4n) is 1.96. The van der Waals surface area contributed by atoms with Crippen molar-refractivity contribution in [2.45, 2.75) is 13.0 Å². The fourth-order valence-corrected chi connectivity index (χ4v) is 2.26. The second-order valence-electron chi connectivity index (χ2n) is 4.32. The van der Waals surface area contributed by atoms with Gasteiger partial charge in [-0.2, -0.15) is 0 Å². The maximum atomic E-state index is 13.7. The summed E-state index contributed by atoms with van der Waals surface area (Å²) in [5, 5.41) is 0.424. The second kappa shape index (κ2) is 5.23. The maximum absolute atomic E-state index is 13.7.